The van der Waals surface area contributed by atoms with Crippen molar-refractivity contribution >= 4 is 17.3 Å². The zero-order valence-electron chi connectivity index (χ0n) is 11.5. The third-order valence-corrected chi connectivity index (χ3v) is 3.63. The molecule has 4 nitrogen and oxygen atoms in total. The van der Waals surface area contributed by atoms with Gasteiger partial charge in [0, 0.05) is 30.9 Å². The van der Waals surface area contributed by atoms with Crippen LogP contribution in [-0.2, 0) is 6.54 Å². The number of anilines is 2. The smallest absolute Gasteiger partial charge is 0.248 e. The molecule has 1 aliphatic rings. The average Bonchev–Trinajstić information content (AvgIpc) is 2.69. The van der Waals surface area contributed by atoms with Crippen LogP contribution in [0.25, 0.3) is 0 Å². The van der Waals surface area contributed by atoms with Gasteiger partial charge in [-0.25, -0.2) is 4.39 Å². The number of primary amides is 1. The van der Waals surface area contributed by atoms with Crippen molar-refractivity contribution in [1.29, 1.82) is 0 Å². The lowest BCUT2D eigenvalue weighted by molar-refractivity contribution is 0.1000. The van der Waals surface area contributed by atoms with Gasteiger partial charge in [0.25, 0.3) is 0 Å². The summed E-state index contributed by atoms with van der Waals surface area (Å²) in [6, 6.07) is 12.3. The lowest BCUT2D eigenvalue weighted by Gasteiger charge is -2.25. The van der Waals surface area contributed by atoms with Crippen LogP contribution >= 0.6 is 0 Å². The van der Waals surface area contributed by atoms with E-state index in [9.17, 15) is 9.18 Å². The van der Waals surface area contributed by atoms with Crippen LogP contribution in [0.2, 0.25) is 0 Å². The minimum atomic E-state index is -0.626. The van der Waals surface area contributed by atoms with Crippen molar-refractivity contribution < 1.29 is 9.18 Å². The molecule has 0 radical (unpaired) electrons. The van der Waals surface area contributed by atoms with Crippen LogP contribution in [0.3, 0.4) is 0 Å². The normalized spacial score (nSPS) is 14.4. The molecule has 0 unspecified atom stereocenters. The van der Waals surface area contributed by atoms with Gasteiger partial charge in [-0.05, 0) is 29.8 Å². The van der Waals surface area contributed by atoms with Crippen LogP contribution in [0.4, 0.5) is 15.8 Å². The summed E-state index contributed by atoms with van der Waals surface area (Å²) in [6.45, 7) is 2.17. The molecule has 3 rings (SSSR count). The van der Waals surface area contributed by atoms with E-state index in [2.05, 4.69) is 5.32 Å². The van der Waals surface area contributed by atoms with Crippen molar-refractivity contribution in [3.05, 3.63) is 59.4 Å². The van der Waals surface area contributed by atoms with E-state index < -0.39 is 11.7 Å². The maximum absolute atomic E-state index is 14.4. The van der Waals surface area contributed by atoms with Gasteiger partial charge in [-0.3, -0.25) is 4.79 Å². The van der Waals surface area contributed by atoms with Gasteiger partial charge in [0.15, 0.2) is 0 Å². The average molecular weight is 285 g/mol. The SMILES string of the molecule is NC(=O)c1ccc(N2CCNCc3ccccc32)c(F)c1. The summed E-state index contributed by atoms with van der Waals surface area (Å²) < 4.78 is 14.4. The predicted molar refractivity (Wildman–Crippen MR) is 80.1 cm³/mol. The number of halogens is 1. The maximum atomic E-state index is 14.4. The van der Waals surface area contributed by atoms with E-state index in [0.29, 0.717) is 12.2 Å². The molecule has 1 heterocycles. The number of carbonyl (C=O) groups is 1. The highest BCUT2D eigenvalue weighted by Crippen LogP contribution is 2.31. The number of nitrogens with zero attached hydrogens (tertiary/aromatic N) is 1. The molecule has 0 bridgehead atoms. The van der Waals surface area contributed by atoms with Gasteiger partial charge < -0.3 is 16.0 Å². The monoisotopic (exact) mass is 285 g/mol. The number of carbonyl (C=O) groups excluding carboxylic acids is 1. The molecule has 0 aromatic heterocycles. The van der Waals surface area contributed by atoms with Crippen LogP contribution in [0, 0.1) is 5.82 Å². The Morgan fingerprint density at radius 3 is 2.76 bits per heavy atom. The van der Waals surface area contributed by atoms with E-state index in [1.807, 2.05) is 29.2 Å². The molecule has 108 valence electrons. The number of benzene rings is 2. The van der Waals surface area contributed by atoms with Gasteiger partial charge >= 0.3 is 0 Å². The van der Waals surface area contributed by atoms with E-state index in [0.717, 1.165) is 24.3 Å². The van der Waals surface area contributed by atoms with Gasteiger partial charge in [0.2, 0.25) is 5.91 Å². The van der Waals surface area contributed by atoms with E-state index in [1.165, 1.54) is 6.07 Å². The molecular formula is C16H16FN3O. The van der Waals surface area contributed by atoms with E-state index in [4.69, 9.17) is 5.73 Å². The Morgan fingerprint density at radius 2 is 2.00 bits per heavy atom. The minimum absolute atomic E-state index is 0.178. The van der Waals surface area contributed by atoms with Crippen molar-refractivity contribution in [2.45, 2.75) is 6.54 Å². The summed E-state index contributed by atoms with van der Waals surface area (Å²) in [5.74, 6) is -1.07. The van der Waals surface area contributed by atoms with E-state index in [1.54, 1.807) is 12.1 Å². The molecular weight excluding hydrogens is 269 g/mol. The summed E-state index contributed by atoms with van der Waals surface area (Å²) in [6.07, 6.45) is 0. The number of rotatable bonds is 2. The Bertz CT molecular complexity index is 687. The minimum Gasteiger partial charge on any atom is -0.366 e. The van der Waals surface area contributed by atoms with Gasteiger partial charge in [0.05, 0.1) is 5.69 Å². The number of fused-ring (bicyclic) bond motifs is 1. The number of hydrogen-bond acceptors (Lipinski definition) is 3. The molecule has 0 atom stereocenters. The van der Waals surface area contributed by atoms with Crippen LogP contribution in [0.1, 0.15) is 15.9 Å². The van der Waals surface area contributed by atoms with Crippen molar-refractivity contribution in [2.75, 3.05) is 18.0 Å². The van der Waals surface area contributed by atoms with Crippen LogP contribution in [0.15, 0.2) is 42.5 Å². The summed E-state index contributed by atoms with van der Waals surface area (Å²) in [5.41, 5.74) is 7.92. The highest BCUT2D eigenvalue weighted by molar-refractivity contribution is 5.93. The first kappa shape index (κ1) is 13.6. The molecule has 2 aromatic rings. The quantitative estimate of drug-likeness (QED) is 0.889. The lowest BCUT2D eigenvalue weighted by atomic mass is 10.1. The summed E-state index contributed by atoms with van der Waals surface area (Å²) in [4.78, 5) is 13.1. The van der Waals surface area contributed by atoms with Gasteiger partial charge in [-0.1, -0.05) is 18.2 Å². The number of para-hydroxylation sites is 1. The number of nitrogens with two attached hydrogens (primary N) is 1. The van der Waals surface area contributed by atoms with Gasteiger partial charge in [-0.15, -0.1) is 0 Å². The Morgan fingerprint density at radius 1 is 1.19 bits per heavy atom. The molecule has 1 amide bonds. The van der Waals surface area contributed by atoms with Crippen molar-refractivity contribution in [2.24, 2.45) is 5.73 Å². The Hall–Kier alpha value is -2.40. The molecule has 1 aliphatic heterocycles. The summed E-state index contributed by atoms with van der Waals surface area (Å²) in [7, 11) is 0. The molecule has 0 fully saturated rings. The van der Waals surface area contributed by atoms with Crippen molar-refractivity contribution in [1.82, 2.24) is 5.32 Å². The number of amides is 1. The van der Waals surface area contributed by atoms with E-state index in [-0.39, 0.29) is 5.56 Å². The third-order valence-electron chi connectivity index (χ3n) is 3.63. The summed E-state index contributed by atoms with van der Waals surface area (Å²) >= 11 is 0. The molecule has 21 heavy (non-hydrogen) atoms. The summed E-state index contributed by atoms with van der Waals surface area (Å²) in [5, 5.41) is 3.31. The largest absolute Gasteiger partial charge is 0.366 e. The molecule has 2 aromatic carbocycles. The predicted octanol–water partition coefficient (Wildman–Crippen LogP) is 2.17. The molecule has 5 heteroatoms. The number of nitrogens with one attached hydrogen (secondary N) is 1. The molecule has 3 N–H and O–H groups in total. The second-order valence-electron chi connectivity index (χ2n) is 4.99. The fourth-order valence-corrected chi connectivity index (χ4v) is 2.59. The lowest BCUT2D eigenvalue weighted by Crippen LogP contribution is -2.25. The Balaban J connectivity index is 2.06. The molecule has 0 saturated carbocycles. The zero-order valence-corrected chi connectivity index (χ0v) is 11.5. The van der Waals surface area contributed by atoms with Crippen LogP contribution < -0.4 is 16.0 Å². The van der Waals surface area contributed by atoms with Crippen molar-refractivity contribution in [3.63, 3.8) is 0 Å². The van der Waals surface area contributed by atoms with Gasteiger partial charge in [-0.2, -0.15) is 0 Å². The second kappa shape index (κ2) is 5.54. The Kier molecular flexibility index (Phi) is 3.58. The zero-order chi connectivity index (χ0) is 14.8. The topological polar surface area (TPSA) is 58.4 Å². The third kappa shape index (κ3) is 2.60. The molecule has 0 saturated heterocycles. The van der Waals surface area contributed by atoms with Gasteiger partial charge in [0.1, 0.15) is 5.82 Å². The first-order valence-electron chi connectivity index (χ1n) is 6.82. The van der Waals surface area contributed by atoms with Crippen LogP contribution in [0.5, 0.6) is 0 Å². The fraction of sp³-hybridized carbons (Fsp3) is 0.188. The Labute approximate surface area is 122 Å². The van der Waals surface area contributed by atoms with Crippen LogP contribution in [-0.4, -0.2) is 19.0 Å². The highest BCUT2D eigenvalue weighted by Gasteiger charge is 2.19. The first-order chi connectivity index (χ1) is 10.2. The highest BCUT2D eigenvalue weighted by atomic mass is 19.1. The second-order valence-corrected chi connectivity index (χ2v) is 4.99. The maximum Gasteiger partial charge on any atom is 0.248 e. The van der Waals surface area contributed by atoms with Crippen molar-refractivity contribution in [3.8, 4) is 0 Å². The standard InChI is InChI=1S/C16H16FN3O/c17-13-9-11(16(18)21)5-6-15(13)20-8-7-19-10-12-3-1-2-4-14(12)20/h1-6,9,19H,7-8,10H2,(H2,18,21). The molecule has 0 aliphatic carbocycles. The van der Waals surface area contributed by atoms with E-state index >= 15 is 0 Å². The molecule has 0 spiro atoms. The fourth-order valence-electron chi connectivity index (χ4n) is 2.59. The first-order valence-corrected chi connectivity index (χ1v) is 6.82. The number of hydrogen-bond donors (Lipinski definition) is 2.